The van der Waals surface area contributed by atoms with E-state index in [4.69, 9.17) is 5.10 Å². The molecule has 1 saturated carbocycles. The van der Waals surface area contributed by atoms with Crippen molar-refractivity contribution in [2.24, 2.45) is 16.2 Å². The van der Waals surface area contributed by atoms with Crippen molar-refractivity contribution in [2.45, 2.75) is 72.8 Å². The van der Waals surface area contributed by atoms with E-state index in [1.54, 1.807) is 11.7 Å². The lowest BCUT2D eigenvalue weighted by atomic mass is 9.51. The number of carbonyl (C=O) groups is 4. The van der Waals surface area contributed by atoms with E-state index < -0.39 is 16.2 Å². The molecule has 11 heteroatoms. The summed E-state index contributed by atoms with van der Waals surface area (Å²) in [5.41, 5.74) is 1.44. The van der Waals surface area contributed by atoms with Crippen LogP contribution in [-0.2, 0) is 26.3 Å². The highest BCUT2D eigenvalue weighted by atomic mass is 16.2. The summed E-state index contributed by atoms with van der Waals surface area (Å²) < 4.78 is 1.70. The van der Waals surface area contributed by atoms with Crippen molar-refractivity contribution in [3.63, 3.8) is 0 Å². The van der Waals surface area contributed by atoms with Crippen molar-refractivity contribution in [2.75, 3.05) is 17.7 Å². The van der Waals surface area contributed by atoms with Crippen LogP contribution in [0.15, 0.2) is 60.8 Å². The number of nitrogens with one attached hydrogen (secondary N) is 4. The fraction of sp³-hybridized carbons (Fsp3) is 0.417. The molecule has 6 rings (SSSR count). The maximum atomic E-state index is 13.6. The van der Waals surface area contributed by atoms with Crippen LogP contribution >= 0.6 is 0 Å². The van der Waals surface area contributed by atoms with Crippen LogP contribution in [0, 0.1) is 16.2 Å². The van der Waals surface area contributed by atoms with Crippen LogP contribution < -0.4 is 16.0 Å². The topological polar surface area (TPSA) is 141 Å². The van der Waals surface area contributed by atoms with Crippen molar-refractivity contribution in [3.05, 3.63) is 72.1 Å². The van der Waals surface area contributed by atoms with Crippen LogP contribution in [-0.4, -0.2) is 50.5 Å². The average molecular weight is 638 g/mol. The van der Waals surface area contributed by atoms with E-state index >= 15 is 0 Å². The van der Waals surface area contributed by atoms with Crippen LogP contribution in [0.5, 0.6) is 0 Å². The molecule has 2 aromatic carbocycles. The lowest BCUT2D eigenvalue weighted by Crippen LogP contribution is -2.63. The molecule has 2 bridgehead atoms. The highest BCUT2D eigenvalue weighted by molar-refractivity contribution is 6.04. The number of hydrogen-bond donors (Lipinski definition) is 4. The van der Waals surface area contributed by atoms with Crippen molar-refractivity contribution in [1.82, 2.24) is 25.0 Å². The molecular weight excluding hydrogens is 594 g/mol. The van der Waals surface area contributed by atoms with Gasteiger partial charge in [-0.05, 0) is 61.2 Å². The number of aromatic nitrogens is 3. The Hall–Kier alpha value is -4.93. The number of anilines is 2. The summed E-state index contributed by atoms with van der Waals surface area (Å²) in [6.07, 6.45) is 3.08. The lowest BCUT2D eigenvalue weighted by molar-refractivity contribution is -0.178. The molecule has 4 aromatic rings. The zero-order valence-electron chi connectivity index (χ0n) is 28.1. The van der Waals surface area contributed by atoms with Gasteiger partial charge in [-0.3, -0.25) is 24.6 Å². The summed E-state index contributed by atoms with van der Waals surface area (Å²) in [7, 11) is 1.54. The van der Waals surface area contributed by atoms with Gasteiger partial charge in [-0.2, -0.15) is 5.10 Å². The molecule has 2 aromatic heterocycles. The van der Waals surface area contributed by atoms with Gasteiger partial charge >= 0.3 is 6.03 Å². The Balaban J connectivity index is 1.16. The van der Waals surface area contributed by atoms with Crippen LogP contribution in [0.1, 0.15) is 72.1 Å². The number of nitrogens with zero attached hydrogens (tertiary/aromatic N) is 3. The number of likely N-dealkylation sites (tertiary alicyclic amines) is 1. The van der Waals surface area contributed by atoms with E-state index in [0.717, 1.165) is 27.8 Å². The summed E-state index contributed by atoms with van der Waals surface area (Å²) in [5, 5.41) is 14.7. The number of H-pyrrole nitrogens is 1. The Labute approximate surface area is 274 Å². The molecule has 47 heavy (non-hydrogen) atoms. The molecule has 2 fully saturated rings. The Kier molecular flexibility index (Phi) is 7.57. The van der Waals surface area contributed by atoms with Crippen molar-refractivity contribution in [3.8, 4) is 5.69 Å². The van der Waals surface area contributed by atoms with Gasteiger partial charge in [-0.25, -0.2) is 9.48 Å². The number of fused-ring (bicyclic) bond motifs is 3. The van der Waals surface area contributed by atoms with Crippen LogP contribution in [0.2, 0.25) is 0 Å². The fourth-order valence-corrected chi connectivity index (χ4v) is 7.73. The monoisotopic (exact) mass is 637 g/mol. The normalized spacial score (nSPS) is 24.4. The summed E-state index contributed by atoms with van der Waals surface area (Å²) in [6, 6.07) is 16.7. The van der Waals surface area contributed by atoms with Gasteiger partial charge in [0.2, 0.25) is 17.7 Å². The molecule has 1 aliphatic heterocycles. The van der Waals surface area contributed by atoms with Gasteiger partial charge in [0.1, 0.15) is 5.82 Å². The first-order valence-corrected chi connectivity index (χ1v) is 16.0. The summed E-state index contributed by atoms with van der Waals surface area (Å²) in [4.78, 5) is 57.1. The van der Waals surface area contributed by atoms with Crippen molar-refractivity contribution >= 4 is 46.2 Å². The smallest absolute Gasteiger partial charge is 0.324 e. The van der Waals surface area contributed by atoms with E-state index in [9.17, 15) is 19.2 Å². The van der Waals surface area contributed by atoms with E-state index in [1.165, 1.54) is 4.90 Å². The highest BCUT2D eigenvalue weighted by Crippen LogP contribution is 2.58. The Morgan fingerprint density at radius 3 is 2.19 bits per heavy atom. The molecule has 246 valence electrons. The first-order valence-electron chi connectivity index (χ1n) is 16.0. The number of aromatic amines is 1. The summed E-state index contributed by atoms with van der Waals surface area (Å²) >= 11 is 0. The quantitative estimate of drug-likeness (QED) is 0.189. The Bertz CT molecular complexity index is 1870. The van der Waals surface area contributed by atoms with Gasteiger partial charge in [-0.15, -0.1) is 0 Å². The van der Waals surface area contributed by atoms with E-state index in [2.05, 4.69) is 41.7 Å². The minimum absolute atomic E-state index is 0.168. The number of benzene rings is 2. The molecule has 0 spiro atoms. The number of hydrogen-bond acceptors (Lipinski definition) is 5. The second-order valence-corrected chi connectivity index (χ2v) is 15.2. The third kappa shape index (κ3) is 5.90. The second-order valence-electron chi connectivity index (χ2n) is 15.2. The summed E-state index contributed by atoms with van der Waals surface area (Å²) in [6.45, 7) is 12.1. The molecule has 1 saturated heterocycles. The third-order valence-electron chi connectivity index (χ3n) is 9.70. The van der Waals surface area contributed by atoms with Gasteiger partial charge in [0.05, 0.1) is 11.4 Å². The van der Waals surface area contributed by atoms with Crippen LogP contribution in [0.3, 0.4) is 0 Å². The minimum atomic E-state index is -0.860. The molecule has 3 heterocycles. The molecule has 2 aliphatic rings. The predicted molar refractivity (Wildman–Crippen MR) is 181 cm³/mol. The van der Waals surface area contributed by atoms with Gasteiger partial charge in [-0.1, -0.05) is 53.7 Å². The molecule has 5 amide bonds. The van der Waals surface area contributed by atoms with Crippen molar-refractivity contribution in [1.29, 1.82) is 0 Å². The first kappa shape index (κ1) is 32.0. The molecular formula is C36H43N7O4. The zero-order valence-corrected chi connectivity index (χ0v) is 28.1. The van der Waals surface area contributed by atoms with Crippen LogP contribution in [0.4, 0.5) is 16.3 Å². The number of piperidine rings is 1. The number of rotatable bonds is 6. The van der Waals surface area contributed by atoms with E-state index in [0.29, 0.717) is 30.8 Å². The zero-order chi connectivity index (χ0) is 33.9. The average Bonchev–Trinajstić information content (AvgIpc) is 3.65. The summed E-state index contributed by atoms with van der Waals surface area (Å²) in [5.74, 6) is -0.0817. The lowest BCUT2D eigenvalue weighted by Gasteiger charge is -2.55. The standard InChI is InChI=1S/C36H43N7O4/c1-33(2,3)27-17-28(40-32(47)39-24-10-13-26-23(16-24)14-15-37-26)43(41-27)25-11-8-22(9-12-25)18-38-29(44)34(4)19-35(5)21-36(6,20-34)31(46)42(7)30(35)45/h8-17,37H,18-21H2,1-7H3,(H,38,44)(H2,39,40,47). The first-order chi connectivity index (χ1) is 22.0. The number of carbonyl (C=O) groups excluding carboxylic acids is 4. The maximum Gasteiger partial charge on any atom is 0.324 e. The predicted octanol–water partition coefficient (Wildman–Crippen LogP) is 6.11. The van der Waals surface area contributed by atoms with Gasteiger partial charge in [0, 0.05) is 64.1 Å². The van der Waals surface area contributed by atoms with Crippen LogP contribution in [0.25, 0.3) is 16.6 Å². The fourth-order valence-electron chi connectivity index (χ4n) is 7.73. The number of amides is 5. The SMILES string of the molecule is CN1C(=O)C2(C)CC(C)(C(=O)NCc3ccc(-n4nc(C(C)(C)C)cc4NC(=O)Nc4ccc5[nH]ccc5c4)cc3)CC(C)(C2)C1=O. The van der Waals surface area contributed by atoms with Gasteiger partial charge in [0.25, 0.3) is 0 Å². The van der Waals surface area contributed by atoms with Gasteiger partial charge < -0.3 is 15.6 Å². The molecule has 1 aliphatic carbocycles. The van der Waals surface area contributed by atoms with E-state index in [1.807, 2.05) is 81.6 Å². The maximum absolute atomic E-state index is 13.6. The molecule has 2 atom stereocenters. The third-order valence-corrected chi connectivity index (χ3v) is 9.70. The minimum Gasteiger partial charge on any atom is -0.361 e. The largest absolute Gasteiger partial charge is 0.361 e. The molecule has 4 N–H and O–H groups in total. The Morgan fingerprint density at radius 1 is 0.894 bits per heavy atom. The van der Waals surface area contributed by atoms with E-state index in [-0.39, 0.29) is 35.7 Å². The van der Waals surface area contributed by atoms with Crippen molar-refractivity contribution < 1.29 is 19.2 Å². The Morgan fingerprint density at radius 2 is 1.55 bits per heavy atom. The number of urea groups is 1. The highest BCUT2D eigenvalue weighted by Gasteiger charge is 2.62. The molecule has 0 radical (unpaired) electrons. The van der Waals surface area contributed by atoms with Gasteiger partial charge in [0.15, 0.2) is 0 Å². The molecule has 2 unspecified atom stereocenters. The second kappa shape index (κ2) is 11.1. The number of imide groups is 1. The molecule has 11 nitrogen and oxygen atoms in total.